The van der Waals surface area contributed by atoms with E-state index in [1.165, 1.54) is 39.6 Å². The number of hydrogen-bond donors (Lipinski definition) is 0. The average molecular weight is 426 g/mol. The fraction of sp³-hybridized carbons (Fsp3) is 0.125. The molecule has 3 heteroatoms. The van der Waals surface area contributed by atoms with E-state index in [1.807, 2.05) is 0 Å². The van der Waals surface area contributed by atoms with Gasteiger partial charge in [0.2, 0.25) is 0 Å². The van der Waals surface area contributed by atoms with Gasteiger partial charge < -0.3 is 9.80 Å². The molecular weight excluding hydrogens is 405 g/mol. The zero-order valence-corrected chi connectivity index (χ0v) is 18.5. The molecule has 0 saturated carbocycles. The van der Waals surface area contributed by atoms with Crippen LogP contribution in [0.4, 0.5) is 5.69 Å². The van der Waals surface area contributed by atoms with Crippen LogP contribution in [0.1, 0.15) is 18.1 Å². The van der Waals surface area contributed by atoms with Gasteiger partial charge in [0.15, 0.2) is 0 Å². The van der Waals surface area contributed by atoms with Crippen molar-refractivity contribution in [2.75, 3.05) is 11.9 Å². The maximum atomic E-state index is 2.42. The van der Waals surface area contributed by atoms with E-state index in [0.717, 1.165) is 0 Å². The molecule has 2 aliphatic rings. The number of fused-ring (bicyclic) bond motifs is 3. The van der Waals surface area contributed by atoms with Crippen LogP contribution in [0, 0.1) is 5.92 Å². The first-order valence-electron chi connectivity index (χ1n) is 9.06. The minimum Gasteiger partial charge on any atom is -0.386 e. The Morgan fingerprint density at radius 3 is 2.07 bits per heavy atom. The summed E-state index contributed by atoms with van der Waals surface area (Å²) in [6, 6.07) is 28.1. The molecule has 2 heterocycles. The smallest absolute Gasteiger partial charge is 0.0715 e. The van der Waals surface area contributed by atoms with Crippen LogP contribution in [0.25, 0.3) is 16.8 Å². The van der Waals surface area contributed by atoms with E-state index in [9.17, 15) is 0 Å². The van der Waals surface area contributed by atoms with Crippen LogP contribution in [-0.2, 0) is 32.7 Å². The van der Waals surface area contributed by atoms with Crippen molar-refractivity contribution in [3.63, 3.8) is 0 Å². The maximum Gasteiger partial charge on any atom is 0.0715 e. The summed E-state index contributed by atoms with van der Waals surface area (Å²) >= 11 is 0. The van der Waals surface area contributed by atoms with Gasteiger partial charge in [-0.2, -0.15) is 11.6 Å². The van der Waals surface area contributed by atoms with E-state index in [-0.39, 0.29) is 38.9 Å². The quantitative estimate of drug-likeness (QED) is 0.508. The van der Waals surface area contributed by atoms with Gasteiger partial charge in [0.05, 0.1) is 11.9 Å². The second kappa shape index (κ2) is 7.18. The Morgan fingerprint density at radius 2 is 1.41 bits per heavy atom. The molecule has 3 aromatic carbocycles. The Bertz CT molecular complexity index is 982. The Morgan fingerprint density at radius 1 is 0.778 bits per heavy atom. The summed E-state index contributed by atoms with van der Waals surface area (Å²) in [5, 5.41) is 0. The molecule has 2 nitrogen and oxygen atoms in total. The van der Waals surface area contributed by atoms with Gasteiger partial charge in [-0.3, -0.25) is 0 Å². The molecule has 0 spiro atoms. The van der Waals surface area contributed by atoms with Gasteiger partial charge >= 0.3 is 0 Å². The first kappa shape index (κ1) is 18.3. The summed E-state index contributed by atoms with van der Waals surface area (Å²) in [6.07, 6.45) is 2.57. The van der Waals surface area contributed by atoms with Crippen LogP contribution in [0.2, 0.25) is 0 Å². The minimum absolute atomic E-state index is 0. The normalized spacial score (nSPS) is 17.3. The number of rotatable bonds is 2. The van der Waals surface area contributed by atoms with Crippen molar-refractivity contribution < 1.29 is 32.7 Å². The summed E-state index contributed by atoms with van der Waals surface area (Å²) in [5.74, 6) is 1.41. The van der Waals surface area contributed by atoms with Gasteiger partial charge in [-0.15, -0.1) is 12.0 Å². The van der Waals surface area contributed by atoms with Crippen molar-refractivity contribution in [3.8, 4) is 11.1 Å². The number of likely N-dealkylation sites (N-methyl/N-ethyl adjacent to an activating group) is 1. The van der Waals surface area contributed by atoms with Crippen LogP contribution in [-0.4, -0.2) is 18.1 Å². The minimum atomic E-state index is 0. The Balaban J connectivity index is 0.00000180. The Hall–Kier alpha value is -2.03. The van der Waals surface area contributed by atoms with Crippen LogP contribution in [0.15, 0.2) is 85.1 Å². The summed E-state index contributed by atoms with van der Waals surface area (Å²) in [5.41, 5.74) is 7.71. The molecule has 0 fully saturated rings. The van der Waals surface area contributed by atoms with E-state index >= 15 is 0 Å². The van der Waals surface area contributed by atoms with Crippen molar-refractivity contribution in [2.24, 2.45) is 0 Å². The third-order valence-corrected chi connectivity index (χ3v) is 5.54. The summed E-state index contributed by atoms with van der Waals surface area (Å²) in [4.78, 5) is 4.80. The van der Waals surface area contributed by atoms with E-state index in [1.54, 1.807) is 0 Å². The Labute approximate surface area is 186 Å². The molecule has 1 atom stereocenters. The molecule has 0 amide bonds. The van der Waals surface area contributed by atoms with Gasteiger partial charge in [0, 0.05) is 46.0 Å². The third-order valence-electron chi connectivity index (χ3n) is 5.54. The maximum absolute atomic E-state index is 2.42. The molecule has 2 aliphatic heterocycles. The number of benzene rings is 3. The standard InChI is InChI=1S/C24H21N2.Y/c1-17-21-14-13-20(18-9-5-3-6-10-18)15-22(21)26-16-23(25(2)24(17)26)19-11-7-4-8-12-19;/h3-16,24H,1-2H3;/q-1;. The first-order chi connectivity index (χ1) is 12.7. The van der Waals surface area contributed by atoms with Gasteiger partial charge in [0.1, 0.15) is 0 Å². The fourth-order valence-corrected chi connectivity index (χ4v) is 4.23. The van der Waals surface area contributed by atoms with E-state index in [0.29, 0.717) is 0 Å². The van der Waals surface area contributed by atoms with Crippen LogP contribution in [0.5, 0.6) is 0 Å². The zero-order chi connectivity index (χ0) is 17.7. The number of nitrogens with zero attached hydrogens (tertiary/aromatic N) is 2. The second-order valence-electron chi connectivity index (χ2n) is 7.05. The molecule has 1 unspecified atom stereocenters. The van der Waals surface area contributed by atoms with Crippen molar-refractivity contribution in [3.05, 3.63) is 102 Å². The zero-order valence-electron chi connectivity index (χ0n) is 15.6. The largest absolute Gasteiger partial charge is 0.386 e. The molecule has 27 heavy (non-hydrogen) atoms. The van der Waals surface area contributed by atoms with Crippen LogP contribution < -0.4 is 4.90 Å². The van der Waals surface area contributed by atoms with E-state index < -0.39 is 0 Å². The molecule has 0 aromatic heterocycles. The van der Waals surface area contributed by atoms with Crippen molar-refractivity contribution in [2.45, 2.75) is 13.1 Å². The molecule has 0 aliphatic carbocycles. The molecule has 1 radical (unpaired) electrons. The first-order valence-corrected chi connectivity index (χ1v) is 9.06. The third kappa shape index (κ3) is 2.92. The molecule has 0 N–H and O–H groups in total. The van der Waals surface area contributed by atoms with E-state index in [2.05, 4.69) is 109 Å². The molecule has 131 valence electrons. The van der Waals surface area contributed by atoms with Crippen molar-refractivity contribution in [1.82, 2.24) is 4.90 Å². The predicted octanol–water partition coefficient (Wildman–Crippen LogP) is 5.38. The SMILES string of the molecule is C[C-]1c2ccc(-c3ccccc3)cc2N2C=C(c3ccccc3)N(C)C12.[Y]. The fourth-order valence-electron chi connectivity index (χ4n) is 4.23. The van der Waals surface area contributed by atoms with Crippen molar-refractivity contribution >= 4 is 11.4 Å². The molecule has 0 bridgehead atoms. The van der Waals surface area contributed by atoms with Gasteiger partial charge in [-0.25, -0.2) is 0 Å². The van der Waals surface area contributed by atoms with E-state index in [4.69, 9.17) is 0 Å². The second-order valence-corrected chi connectivity index (χ2v) is 7.05. The molecule has 5 rings (SSSR count). The summed E-state index contributed by atoms with van der Waals surface area (Å²) in [6.45, 7) is 2.25. The van der Waals surface area contributed by atoms with Crippen LogP contribution in [0.3, 0.4) is 0 Å². The Kier molecular flexibility index (Phi) is 4.88. The van der Waals surface area contributed by atoms with Gasteiger partial charge in [-0.05, 0) is 16.7 Å². The molecule has 0 saturated heterocycles. The monoisotopic (exact) mass is 426 g/mol. The van der Waals surface area contributed by atoms with Gasteiger partial charge in [-0.1, -0.05) is 79.3 Å². The van der Waals surface area contributed by atoms with Crippen molar-refractivity contribution in [1.29, 1.82) is 0 Å². The number of hydrogen-bond acceptors (Lipinski definition) is 2. The summed E-state index contributed by atoms with van der Waals surface area (Å²) < 4.78 is 0. The summed E-state index contributed by atoms with van der Waals surface area (Å²) in [7, 11) is 2.19. The van der Waals surface area contributed by atoms with Crippen LogP contribution >= 0.6 is 0 Å². The topological polar surface area (TPSA) is 6.48 Å². The molecular formula is C24H21N2Y-. The predicted molar refractivity (Wildman–Crippen MR) is 108 cm³/mol. The average Bonchev–Trinajstić information content (AvgIpc) is 3.18. The molecule has 3 aromatic rings. The van der Waals surface area contributed by atoms with Gasteiger partial charge in [0.25, 0.3) is 0 Å². The number of anilines is 1.